The molecular weight excluding hydrogens is 180 g/mol. The first-order valence-electron chi connectivity index (χ1n) is 4.45. The highest BCUT2D eigenvalue weighted by Crippen LogP contribution is 2.12. The molecule has 1 aromatic rings. The summed E-state index contributed by atoms with van der Waals surface area (Å²) in [6, 6.07) is 1.89. The van der Waals surface area contributed by atoms with E-state index in [1.165, 1.54) is 0 Å². The van der Waals surface area contributed by atoms with Gasteiger partial charge < -0.3 is 9.64 Å². The predicted molar refractivity (Wildman–Crippen MR) is 49.8 cm³/mol. The van der Waals surface area contributed by atoms with E-state index in [-0.39, 0.29) is 5.82 Å². The second-order valence-electron chi connectivity index (χ2n) is 2.98. The van der Waals surface area contributed by atoms with Crippen LogP contribution in [-0.2, 0) is 4.74 Å². The summed E-state index contributed by atoms with van der Waals surface area (Å²) in [7, 11) is 0. The van der Waals surface area contributed by atoms with E-state index in [9.17, 15) is 0 Å². The number of aromatic nitrogens is 2. The molecule has 5 nitrogen and oxygen atoms in total. The molecule has 2 heterocycles. The van der Waals surface area contributed by atoms with E-state index in [1.807, 2.05) is 6.07 Å². The molecule has 0 N–H and O–H groups in total. The van der Waals surface area contributed by atoms with Crippen LogP contribution in [0.15, 0.2) is 12.4 Å². The molecule has 0 amide bonds. The first-order chi connectivity index (χ1) is 6.90. The minimum Gasteiger partial charge on any atom is -0.378 e. The van der Waals surface area contributed by atoms with Crippen LogP contribution in [0.2, 0.25) is 0 Å². The summed E-state index contributed by atoms with van der Waals surface area (Å²) in [6.45, 7) is 3.19. The van der Waals surface area contributed by atoms with Crippen LogP contribution in [0.5, 0.6) is 0 Å². The van der Waals surface area contributed by atoms with E-state index < -0.39 is 0 Å². The number of morpholine rings is 1. The molecule has 5 heteroatoms. The maximum atomic E-state index is 8.53. The lowest BCUT2D eigenvalue weighted by atomic mass is 10.3. The first kappa shape index (κ1) is 8.91. The molecule has 0 spiro atoms. The molecule has 1 aliphatic heterocycles. The predicted octanol–water partition coefficient (Wildman–Crippen LogP) is 0.185. The Hall–Kier alpha value is -1.67. The Morgan fingerprint density at radius 1 is 1.29 bits per heavy atom. The van der Waals surface area contributed by atoms with Crippen molar-refractivity contribution in [3.63, 3.8) is 0 Å². The third-order valence-electron chi connectivity index (χ3n) is 2.11. The van der Waals surface area contributed by atoms with Gasteiger partial charge in [0.25, 0.3) is 0 Å². The molecule has 0 saturated carbocycles. The van der Waals surface area contributed by atoms with Crippen molar-refractivity contribution >= 4 is 5.69 Å². The van der Waals surface area contributed by atoms with Crippen molar-refractivity contribution in [3.05, 3.63) is 18.2 Å². The molecule has 0 aliphatic carbocycles. The van der Waals surface area contributed by atoms with Crippen LogP contribution in [0.1, 0.15) is 5.82 Å². The van der Waals surface area contributed by atoms with Crippen molar-refractivity contribution in [2.45, 2.75) is 0 Å². The lowest BCUT2D eigenvalue weighted by molar-refractivity contribution is 0.122. The Labute approximate surface area is 82.0 Å². The van der Waals surface area contributed by atoms with Crippen LogP contribution in [0.4, 0.5) is 5.69 Å². The van der Waals surface area contributed by atoms with E-state index in [1.54, 1.807) is 12.4 Å². The number of nitriles is 1. The van der Waals surface area contributed by atoms with Crippen molar-refractivity contribution in [1.82, 2.24) is 9.97 Å². The van der Waals surface area contributed by atoms with Gasteiger partial charge in [0, 0.05) is 13.1 Å². The molecule has 1 saturated heterocycles. The van der Waals surface area contributed by atoms with Crippen molar-refractivity contribution in [2.75, 3.05) is 31.2 Å². The molecule has 1 aliphatic rings. The summed E-state index contributed by atoms with van der Waals surface area (Å²) in [5.74, 6) is 0.210. The smallest absolute Gasteiger partial charge is 0.232 e. The SMILES string of the molecule is N#Cc1ncc(N2CCOCC2)cn1. The van der Waals surface area contributed by atoms with E-state index in [0.717, 1.165) is 32.0 Å². The summed E-state index contributed by atoms with van der Waals surface area (Å²) in [5, 5.41) is 8.53. The second kappa shape index (κ2) is 4.03. The number of hydrogen-bond donors (Lipinski definition) is 0. The highest BCUT2D eigenvalue weighted by atomic mass is 16.5. The third-order valence-corrected chi connectivity index (χ3v) is 2.11. The van der Waals surface area contributed by atoms with Gasteiger partial charge in [0.05, 0.1) is 31.3 Å². The molecule has 0 aromatic carbocycles. The normalized spacial score (nSPS) is 16.4. The first-order valence-corrected chi connectivity index (χ1v) is 4.45. The lowest BCUT2D eigenvalue weighted by Crippen LogP contribution is -2.36. The van der Waals surface area contributed by atoms with Crippen LogP contribution in [0.25, 0.3) is 0 Å². The summed E-state index contributed by atoms with van der Waals surface area (Å²) < 4.78 is 5.23. The van der Waals surface area contributed by atoms with Gasteiger partial charge in [-0.1, -0.05) is 0 Å². The highest BCUT2D eigenvalue weighted by molar-refractivity contribution is 5.42. The average Bonchev–Trinajstić information content (AvgIpc) is 2.30. The number of rotatable bonds is 1. The quantitative estimate of drug-likeness (QED) is 0.632. The van der Waals surface area contributed by atoms with Gasteiger partial charge in [0.1, 0.15) is 6.07 Å². The number of ether oxygens (including phenoxy) is 1. The van der Waals surface area contributed by atoms with Gasteiger partial charge >= 0.3 is 0 Å². The lowest BCUT2D eigenvalue weighted by Gasteiger charge is -2.27. The summed E-state index contributed by atoms with van der Waals surface area (Å²) >= 11 is 0. The summed E-state index contributed by atoms with van der Waals surface area (Å²) in [5.41, 5.74) is 0.951. The van der Waals surface area contributed by atoms with Crippen LogP contribution >= 0.6 is 0 Å². The Morgan fingerprint density at radius 3 is 2.50 bits per heavy atom. The average molecular weight is 190 g/mol. The zero-order valence-corrected chi connectivity index (χ0v) is 7.68. The number of anilines is 1. The van der Waals surface area contributed by atoms with Gasteiger partial charge in [-0.3, -0.25) is 0 Å². The Balaban J connectivity index is 2.12. The van der Waals surface area contributed by atoms with Gasteiger partial charge in [0.2, 0.25) is 5.82 Å². The standard InChI is InChI=1S/C9H10N4O/c10-5-9-11-6-8(7-12-9)13-1-3-14-4-2-13/h6-7H,1-4H2. The fourth-order valence-corrected chi connectivity index (χ4v) is 1.36. The fraction of sp³-hybridized carbons (Fsp3) is 0.444. The van der Waals surface area contributed by atoms with E-state index in [2.05, 4.69) is 14.9 Å². The van der Waals surface area contributed by atoms with Crippen molar-refractivity contribution in [3.8, 4) is 6.07 Å². The molecule has 0 bridgehead atoms. The second-order valence-corrected chi connectivity index (χ2v) is 2.98. The van der Waals surface area contributed by atoms with Crippen molar-refractivity contribution in [2.24, 2.45) is 0 Å². The minimum absolute atomic E-state index is 0.210. The molecule has 1 fully saturated rings. The van der Waals surface area contributed by atoms with Gasteiger partial charge in [-0.2, -0.15) is 5.26 Å². The maximum absolute atomic E-state index is 8.53. The van der Waals surface area contributed by atoms with E-state index >= 15 is 0 Å². The molecule has 14 heavy (non-hydrogen) atoms. The van der Waals surface area contributed by atoms with Crippen LogP contribution in [0.3, 0.4) is 0 Å². The number of nitrogens with zero attached hydrogens (tertiary/aromatic N) is 4. The van der Waals surface area contributed by atoms with Crippen molar-refractivity contribution < 1.29 is 4.74 Å². The third kappa shape index (κ3) is 1.80. The van der Waals surface area contributed by atoms with Gasteiger partial charge in [-0.15, -0.1) is 0 Å². The fourth-order valence-electron chi connectivity index (χ4n) is 1.36. The Kier molecular flexibility index (Phi) is 2.56. The summed E-state index contributed by atoms with van der Waals surface area (Å²) in [4.78, 5) is 9.98. The zero-order chi connectivity index (χ0) is 9.80. The van der Waals surface area contributed by atoms with Gasteiger partial charge in [-0.05, 0) is 0 Å². The van der Waals surface area contributed by atoms with Crippen molar-refractivity contribution in [1.29, 1.82) is 5.26 Å². The molecule has 2 rings (SSSR count). The van der Waals surface area contributed by atoms with E-state index in [4.69, 9.17) is 10.00 Å². The molecule has 0 atom stereocenters. The molecule has 0 unspecified atom stereocenters. The van der Waals surface area contributed by atoms with Crippen LogP contribution < -0.4 is 4.90 Å². The highest BCUT2D eigenvalue weighted by Gasteiger charge is 2.11. The molecular formula is C9H10N4O. The largest absolute Gasteiger partial charge is 0.378 e. The Morgan fingerprint density at radius 2 is 1.93 bits per heavy atom. The monoisotopic (exact) mass is 190 g/mol. The number of hydrogen-bond acceptors (Lipinski definition) is 5. The summed E-state index contributed by atoms with van der Waals surface area (Å²) in [6.07, 6.45) is 3.35. The molecule has 1 aromatic heterocycles. The topological polar surface area (TPSA) is 62.0 Å². The van der Waals surface area contributed by atoms with Crippen LogP contribution in [0, 0.1) is 11.3 Å². The zero-order valence-electron chi connectivity index (χ0n) is 7.68. The molecule has 72 valence electrons. The van der Waals surface area contributed by atoms with Crippen LogP contribution in [-0.4, -0.2) is 36.3 Å². The Bertz CT molecular complexity index is 337. The van der Waals surface area contributed by atoms with Gasteiger partial charge in [-0.25, -0.2) is 9.97 Å². The minimum atomic E-state index is 0.210. The van der Waals surface area contributed by atoms with Gasteiger partial charge in [0.15, 0.2) is 0 Å². The maximum Gasteiger partial charge on any atom is 0.232 e. The molecule has 0 radical (unpaired) electrons. The van der Waals surface area contributed by atoms with E-state index in [0.29, 0.717) is 0 Å².